The van der Waals surface area contributed by atoms with Crippen LogP contribution >= 0.6 is 0 Å². The summed E-state index contributed by atoms with van der Waals surface area (Å²) in [6.07, 6.45) is 1.15. The lowest BCUT2D eigenvalue weighted by Gasteiger charge is -2.28. The maximum Gasteiger partial charge on any atom is 0.311 e. The largest absolute Gasteiger partial charge is 0.481 e. The van der Waals surface area contributed by atoms with Crippen molar-refractivity contribution in [2.24, 2.45) is 11.3 Å². The van der Waals surface area contributed by atoms with E-state index in [0.717, 1.165) is 0 Å². The lowest BCUT2D eigenvalue weighted by molar-refractivity contribution is -0.151. The van der Waals surface area contributed by atoms with Crippen molar-refractivity contribution in [3.8, 4) is 0 Å². The molecule has 0 aromatic carbocycles. The van der Waals surface area contributed by atoms with Gasteiger partial charge in [0.1, 0.15) is 0 Å². The first-order valence-corrected chi connectivity index (χ1v) is 8.10. The van der Waals surface area contributed by atoms with Crippen molar-refractivity contribution in [3.05, 3.63) is 11.7 Å². The van der Waals surface area contributed by atoms with Crippen molar-refractivity contribution in [1.29, 1.82) is 0 Å². The number of amides is 1. The number of nitrogens with zero attached hydrogens (tertiary/aromatic N) is 3. The summed E-state index contributed by atoms with van der Waals surface area (Å²) in [5.41, 5.74) is -0.828. The summed E-state index contributed by atoms with van der Waals surface area (Å²) >= 11 is 0. The number of aliphatic carboxylic acids is 1. The fourth-order valence-corrected chi connectivity index (χ4v) is 2.91. The molecule has 1 fully saturated rings. The van der Waals surface area contributed by atoms with E-state index in [2.05, 4.69) is 10.1 Å². The monoisotopic (exact) mass is 323 g/mol. The number of carbonyl (C=O) groups is 2. The maximum absolute atomic E-state index is 12.3. The van der Waals surface area contributed by atoms with Gasteiger partial charge in [-0.2, -0.15) is 4.98 Å². The van der Waals surface area contributed by atoms with E-state index < -0.39 is 11.4 Å². The van der Waals surface area contributed by atoms with Crippen molar-refractivity contribution < 1.29 is 19.2 Å². The summed E-state index contributed by atoms with van der Waals surface area (Å²) in [4.78, 5) is 29.8. The predicted molar refractivity (Wildman–Crippen MR) is 82.8 cm³/mol. The number of hydrogen-bond acceptors (Lipinski definition) is 5. The zero-order valence-electron chi connectivity index (χ0n) is 14.2. The molecule has 2 rings (SSSR count). The molecule has 1 N–H and O–H groups in total. The van der Waals surface area contributed by atoms with E-state index in [1.165, 1.54) is 0 Å². The number of carboxylic acid groups (broad SMARTS) is 1. The van der Waals surface area contributed by atoms with Gasteiger partial charge >= 0.3 is 5.97 Å². The van der Waals surface area contributed by atoms with Gasteiger partial charge in [-0.3, -0.25) is 9.59 Å². The molecule has 1 aliphatic heterocycles. The second-order valence-corrected chi connectivity index (χ2v) is 6.88. The molecule has 7 nitrogen and oxygen atoms in total. The third kappa shape index (κ3) is 3.54. The predicted octanol–water partition coefficient (Wildman–Crippen LogP) is 2.08. The molecule has 1 aliphatic rings. The number of carboxylic acids is 1. The van der Waals surface area contributed by atoms with E-state index in [9.17, 15) is 14.7 Å². The first-order valence-electron chi connectivity index (χ1n) is 8.10. The van der Waals surface area contributed by atoms with Crippen LogP contribution in [0.4, 0.5) is 0 Å². The Labute approximate surface area is 136 Å². The highest BCUT2D eigenvalue weighted by Crippen LogP contribution is 2.38. The van der Waals surface area contributed by atoms with Crippen LogP contribution in [-0.2, 0) is 16.0 Å². The molecule has 1 atom stereocenters. The summed E-state index contributed by atoms with van der Waals surface area (Å²) < 4.78 is 5.13. The third-order valence-electron chi connectivity index (χ3n) is 4.74. The number of rotatable bonds is 6. The molecule has 1 unspecified atom stereocenters. The molecular formula is C16H25N3O4. The quantitative estimate of drug-likeness (QED) is 0.861. The minimum atomic E-state index is -0.828. The average molecular weight is 323 g/mol. The van der Waals surface area contributed by atoms with Crippen LogP contribution < -0.4 is 0 Å². The molecule has 0 saturated carbocycles. The Hall–Kier alpha value is -1.92. The Morgan fingerprint density at radius 1 is 1.35 bits per heavy atom. The van der Waals surface area contributed by atoms with Crippen LogP contribution in [-0.4, -0.2) is 45.1 Å². The smallest absolute Gasteiger partial charge is 0.311 e. The van der Waals surface area contributed by atoms with Crippen molar-refractivity contribution in [2.45, 2.75) is 52.9 Å². The molecule has 1 amide bonds. The van der Waals surface area contributed by atoms with E-state index in [1.807, 2.05) is 27.7 Å². The van der Waals surface area contributed by atoms with Gasteiger partial charge in [0.25, 0.3) is 0 Å². The van der Waals surface area contributed by atoms with E-state index in [4.69, 9.17) is 4.52 Å². The minimum Gasteiger partial charge on any atom is -0.481 e. The van der Waals surface area contributed by atoms with E-state index >= 15 is 0 Å². The summed E-state index contributed by atoms with van der Waals surface area (Å²) in [6, 6.07) is 0. The van der Waals surface area contributed by atoms with Crippen molar-refractivity contribution in [3.63, 3.8) is 0 Å². The Bertz CT molecular complexity index is 582. The maximum atomic E-state index is 12.3. The van der Waals surface area contributed by atoms with Gasteiger partial charge in [0.15, 0.2) is 5.82 Å². The number of hydrogen-bond donors (Lipinski definition) is 1. The highest BCUT2D eigenvalue weighted by Gasteiger charge is 2.48. The molecule has 0 radical (unpaired) electrons. The second kappa shape index (κ2) is 6.68. The molecule has 1 saturated heterocycles. The van der Waals surface area contributed by atoms with E-state index in [0.29, 0.717) is 31.1 Å². The molecule has 1 aromatic rings. The lowest BCUT2D eigenvalue weighted by atomic mass is 9.76. The molecular weight excluding hydrogens is 298 g/mol. The topological polar surface area (TPSA) is 96.5 Å². The van der Waals surface area contributed by atoms with Crippen LogP contribution in [0.5, 0.6) is 0 Å². The molecule has 7 heteroatoms. The van der Waals surface area contributed by atoms with Crippen LogP contribution in [0.1, 0.15) is 58.2 Å². The van der Waals surface area contributed by atoms with Crippen molar-refractivity contribution in [1.82, 2.24) is 15.0 Å². The van der Waals surface area contributed by atoms with Crippen LogP contribution in [0.3, 0.4) is 0 Å². The van der Waals surface area contributed by atoms with Gasteiger partial charge in [0.2, 0.25) is 11.8 Å². The average Bonchev–Trinajstić information content (AvgIpc) is 3.12. The summed E-state index contributed by atoms with van der Waals surface area (Å²) in [5, 5.41) is 13.4. The van der Waals surface area contributed by atoms with Crippen molar-refractivity contribution >= 4 is 11.9 Å². The second-order valence-electron chi connectivity index (χ2n) is 6.88. The molecule has 128 valence electrons. The van der Waals surface area contributed by atoms with Gasteiger partial charge in [0, 0.05) is 31.8 Å². The Kier molecular flexibility index (Phi) is 5.06. The Morgan fingerprint density at radius 2 is 2.04 bits per heavy atom. The van der Waals surface area contributed by atoms with Gasteiger partial charge in [-0.15, -0.1) is 0 Å². The fourth-order valence-electron chi connectivity index (χ4n) is 2.91. The first-order chi connectivity index (χ1) is 10.8. The highest BCUT2D eigenvalue weighted by atomic mass is 16.5. The molecule has 2 heterocycles. The molecule has 0 aliphatic carbocycles. The van der Waals surface area contributed by atoms with Crippen molar-refractivity contribution in [2.75, 3.05) is 13.1 Å². The van der Waals surface area contributed by atoms with Gasteiger partial charge in [-0.25, -0.2) is 0 Å². The SMILES string of the molecule is CC(C)c1noc(CCC(=O)N2CCC(C(=O)O)(C(C)C)C2)n1. The standard InChI is InChI=1S/C16H25N3O4/c1-10(2)14-17-12(23-18-14)5-6-13(20)19-8-7-16(9-19,11(3)4)15(21)22/h10-11H,5-9H2,1-4H3,(H,21,22). The van der Waals surface area contributed by atoms with Crippen LogP contribution in [0.15, 0.2) is 4.52 Å². The van der Waals surface area contributed by atoms with Gasteiger partial charge in [0.05, 0.1) is 5.41 Å². The number of carbonyl (C=O) groups excluding carboxylic acids is 1. The zero-order valence-corrected chi connectivity index (χ0v) is 14.2. The summed E-state index contributed by atoms with van der Waals surface area (Å²) in [5.74, 6) is 0.388. The summed E-state index contributed by atoms with van der Waals surface area (Å²) in [7, 11) is 0. The molecule has 1 aromatic heterocycles. The normalized spacial score (nSPS) is 21.4. The fraction of sp³-hybridized carbons (Fsp3) is 0.750. The number of aryl methyl sites for hydroxylation is 1. The van der Waals surface area contributed by atoms with E-state index in [1.54, 1.807) is 4.90 Å². The van der Waals surface area contributed by atoms with Crippen LogP contribution in [0.25, 0.3) is 0 Å². The van der Waals surface area contributed by atoms with Crippen LogP contribution in [0, 0.1) is 11.3 Å². The number of likely N-dealkylation sites (tertiary alicyclic amines) is 1. The van der Waals surface area contributed by atoms with E-state index in [-0.39, 0.29) is 30.7 Å². The minimum absolute atomic E-state index is 0.0117. The van der Waals surface area contributed by atoms with Gasteiger partial charge in [-0.05, 0) is 12.3 Å². The third-order valence-corrected chi connectivity index (χ3v) is 4.74. The lowest BCUT2D eigenvalue weighted by Crippen LogP contribution is -2.40. The highest BCUT2D eigenvalue weighted by molar-refractivity contribution is 5.81. The first kappa shape index (κ1) is 17.4. The van der Waals surface area contributed by atoms with Gasteiger partial charge in [-0.1, -0.05) is 32.9 Å². The molecule has 0 spiro atoms. The van der Waals surface area contributed by atoms with Gasteiger partial charge < -0.3 is 14.5 Å². The molecule has 0 bridgehead atoms. The molecule has 23 heavy (non-hydrogen) atoms. The Morgan fingerprint density at radius 3 is 2.52 bits per heavy atom. The van der Waals surface area contributed by atoms with Crippen LogP contribution in [0.2, 0.25) is 0 Å². The zero-order chi connectivity index (χ0) is 17.2. The Balaban J connectivity index is 1.93. The number of aromatic nitrogens is 2. The summed E-state index contributed by atoms with van der Waals surface area (Å²) in [6.45, 7) is 8.51.